The molecule has 2 aromatic rings. The quantitative estimate of drug-likeness (QED) is 0.531. The van der Waals surface area contributed by atoms with E-state index in [0.717, 1.165) is 16.6 Å². The third-order valence-electron chi connectivity index (χ3n) is 4.29. The Bertz CT molecular complexity index is 816. The van der Waals surface area contributed by atoms with Crippen molar-refractivity contribution in [1.82, 2.24) is 4.98 Å². The first-order valence-corrected chi connectivity index (χ1v) is 7.98. The van der Waals surface area contributed by atoms with Gasteiger partial charge in [0.25, 0.3) is 0 Å². The normalized spacial score (nSPS) is 20.0. The molecule has 1 heterocycles. The van der Waals surface area contributed by atoms with Crippen LogP contribution in [0.15, 0.2) is 42.5 Å². The summed E-state index contributed by atoms with van der Waals surface area (Å²) in [6.07, 6.45) is 4.82. The first-order chi connectivity index (χ1) is 11.5. The number of carbonyl (C=O) groups excluding carboxylic acids is 1. The van der Waals surface area contributed by atoms with Crippen LogP contribution in [0, 0.1) is 28.9 Å². The first kappa shape index (κ1) is 16.1. The van der Waals surface area contributed by atoms with Crippen LogP contribution in [0.25, 0.3) is 10.9 Å². The summed E-state index contributed by atoms with van der Waals surface area (Å²) >= 11 is 0. The van der Waals surface area contributed by atoms with E-state index in [9.17, 15) is 14.9 Å². The number of pyridine rings is 1. The lowest BCUT2D eigenvalue weighted by Crippen LogP contribution is -2.28. The van der Waals surface area contributed by atoms with Crippen molar-refractivity contribution in [1.29, 1.82) is 0 Å². The van der Waals surface area contributed by atoms with Crippen molar-refractivity contribution in [2.24, 2.45) is 11.8 Å². The molecule has 1 N–H and O–H groups in total. The van der Waals surface area contributed by atoms with Crippen LogP contribution in [0.2, 0.25) is 0 Å². The molecule has 0 radical (unpaired) electrons. The summed E-state index contributed by atoms with van der Waals surface area (Å²) in [4.78, 5) is 27.4. The van der Waals surface area contributed by atoms with E-state index < -0.39 is 0 Å². The molecule has 1 aliphatic rings. The van der Waals surface area contributed by atoms with Crippen LogP contribution >= 0.6 is 0 Å². The summed E-state index contributed by atoms with van der Waals surface area (Å²) in [6, 6.07) is 9.57. The zero-order chi connectivity index (χ0) is 17.1. The van der Waals surface area contributed by atoms with Gasteiger partial charge in [-0.3, -0.25) is 19.9 Å². The molecule has 124 valence electrons. The van der Waals surface area contributed by atoms with Gasteiger partial charge in [-0.15, -0.1) is 0 Å². The molecule has 24 heavy (non-hydrogen) atoms. The molecule has 6 heteroatoms. The standard InChI is InChI=1S/C18H19N3O3/c1-12-8-9-14-5-3-7-16(17(14)19-12)20-18(22)15-6-2-4-13(10-15)11-21(23)24/h2-5,7-9,13,15H,6,10-11H2,1H3,(H,20,22). The van der Waals surface area contributed by atoms with Crippen molar-refractivity contribution in [3.63, 3.8) is 0 Å². The number of aromatic nitrogens is 1. The number of nitrogens with zero attached hydrogens (tertiary/aromatic N) is 2. The third-order valence-corrected chi connectivity index (χ3v) is 4.29. The predicted octanol–water partition coefficient (Wildman–Crippen LogP) is 3.34. The Labute approximate surface area is 139 Å². The van der Waals surface area contributed by atoms with Crippen LogP contribution in [0.4, 0.5) is 5.69 Å². The van der Waals surface area contributed by atoms with Gasteiger partial charge in [-0.05, 0) is 31.9 Å². The maximum absolute atomic E-state index is 12.6. The molecule has 1 aromatic carbocycles. The van der Waals surface area contributed by atoms with Crippen LogP contribution in [-0.4, -0.2) is 22.4 Å². The van der Waals surface area contributed by atoms with E-state index in [1.165, 1.54) is 0 Å². The number of nitro groups is 1. The zero-order valence-electron chi connectivity index (χ0n) is 13.4. The minimum absolute atomic E-state index is 0.108. The average Bonchev–Trinajstić information content (AvgIpc) is 2.55. The second kappa shape index (κ2) is 6.78. The van der Waals surface area contributed by atoms with E-state index in [4.69, 9.17) is 0 Å². The van der Waals surface area contributed by atoms with E-state index in [2.05, 4.69) is 10.3 Å². The Hall–Kier alpha value is -2.76. The molecule has 2 atom stereocenters. The number of allylic oxidation sites excluding steroid dienone is 1. The Morgan fingerprint density at radius 2 is 2.21 bits per heavy atom. The van der Waals surface area contributed by atoms with E-state index in [0.29, 0.717) is 18.5 Å². The van der Waals surface area contributed by atoms with Gasteiger partial charge in [-0.1, -0.05) is 30.4 Å². The zero-order valence-corrected chi connectivity index (χ0v) is 13.4. The number of nitrogens with one attached hydrogen (secondary N) is 1. The first-order valence-electron chi connectivity index (χ1n) is 7.98. The van der Waals surface area contributed by atoms with Gasteiger partial charge >= 0.3 is 0 Å². The third kappa shape index (κ3) is 3.59. The number of fused-ring (bicyclic) bond motifs is 1. The van der Waals surface area contributed by atoms with Gasteiger partial charge in [0.05, 0.1) is 11.2 Å². The highest BCUT2D eigenvalue weighted by atomic mass is 16.6. The number of amides is 1. The van der Waals surface area contributed by atoms with E-state index >= 15 is 0 Å². The van der Waals surface area contributed by atoms with Crippen molar-refractivity contribution in [2.75, 3.05) is 11.9 Å². The monoisotopic (exact) mass is 325 g/mol. The number of anilines is 1. The van der Waals surface area contributed by atoms with Crippen molar-refractivity contribution < 1.29 is 9.72 Å². The average molecular weight is 325 g/mol. The lowest BCUT2D eigenvalue weighted by molar-refractivity contribution is -0.486. The van der Waals surface area contributed by atoms with Gasteiger partial charge in [-0.25, -0.2) is 0 Å². The van der Waals surface area contributed by atoms with Crippen molar-refractivity contribution in [3.8, 4) is 0 Å². The maximum atomic E-state index is 12.6. The smallest absolute Gasteiger partial charge is 0.227 e. The molecular formula is C18H19N3O3. The molecule has 0 saturated carbocycles. The fourth-order valence-corrected chi connectivity index (χ4v) is 3.10. The number of hydrogen-bond donors (Lipinski definition) is 1. The summed E-state index contributed by atoms with van der Waals surface area (Å²) in [5, 5.41) is 14.6. The molecule has 0 fully saturated rings. The summed E-state index contributed by atoms with van der Waals surface area (Å²) in [5.74, 6) is -0.541. The SMILES string of the molecule is Cc1ccc2cccc(NC(=O)C3CC=CC(C[N+](=O)[O-])C3)c2n1. The molecule has 2 unspecified atom stereocenters. The van der Waals surface area contributed by atoms with Crippen LogP contribution in [-0.2, 0) is 4.79 Å². The highest BCUT2D eigenvalue weighted by Gasteiger charge is 2.27. The summed E-state index contributed by atoms with van der Waals surface area (Å²) in [6.45, 7) is 1.78. The number of aryl methyl sites for hydroxylation is 1. The topological polar surface area (TPSA) is 85.1 Å². The predicted molar refractivity (Wildman–Crippen MR) is 92.3 cm³/mol. The van der Waals surface area contributed by atoms with Gasteiger partial charge in [0.15, 0.2) is 0 Å². The highest BCUT2D eigenvalue weighted by Crippen LogP contribution is 2.27. The molecule has 3 rings (SSSR count). The van der Waals surface area contributed by atoms with E-state index in [-0.39, 0.29) is 29.2 Å². The molecule has 1 aromatic heterocycles. The minimum atomic E-state index is -0.327. The molecule has 0 spiro atoms. The van der Waals surface area contributed by atoms with Crippen molar-refractivity contribution >= 4 is 22.5 Å². The summed E-state index contributed by atoms with van der Waals surface area (Å²) < 4.78 is 0. The molecule has 0 saturated heterocycles. The largest absolute Gasteiger partial charge is 0.324 e. The fraction of sp³-hybridized carbons (Fsp3) is 0.333. The second-order valence-electron chi connectivity index (χ2n) is 6.19. The van der Waals surface area contributed by atoms with Crippen molar-refractivity contribution in [2.45, 2.75) is 19.8 Å². The Morgan fingerprint density at radius 1 is 1.38 bits per heavy atom. The van der Waals surface area contributed by atoms with Gasteiger partial charge in [0, 0.05) is 27.8 Å². The molecule has 6 nitrogen and oxygen atoms in total. The fourth-order valence-electron chi connectivity index (χ4n) is 3.10. The van der Waals surface area contributed by atoms with Gasteiger partial charge in [0.1, 0.15) is 0 Å². The minimum Gasteiger partial charge on any atom is -0.324 e. The Morgan fingerprint density at radius 3 is 3.00 bits per heavy atom. The molecule has 1 amide bonds. The lowest BCUT2D eigenvalue weighted by atomic mass is 9.86. The number of benzene rings is 1. The number of para-hydroxylation sites is 1. The number of carbonyl (C=O) groups is 1. The van der Waals surface area contributed by atoms with Gasteiger partial charge < -0.3 is 5.32 Å². The number of hydrogen-bond acceptors (Lipinski definition) is 4. The Balaban J connectivity index is 1.77. The lowest BCUT2D eigenvalue weighted by Gasteiger charge is -2.22. The molecular weight excluding hydrogens is 306 g/mol. The van der Waals surface area contributed by atoms with Gasteiger partial charge in [0.2, 0.25) is 12.5 Å². The molecule has 0 aliphatic heterocycles. The van der Waals surface area contributed by atoms with Crippen LogP contribution in [0.5, 0.6) is 0 Å². The van der Waals surface area contributed by atoms with Gasteiger partial charge in [-0.2, -0.15) is 0 Å². The Kier molecular flexibility index (Phi) is 4.55. The molecule has 0 bridgehead atoms. The van der Waals surface area contributed by atoms with E-state index in [1.807, 2.05) is 49.4 Å². The van der Waals surface area contributed by atoms with Crippen molar-refractivity contribution in [3.05, 3.63) is 58.3 Å². The van der Waals surface area contributed by atoms with Crippen LogP contribution < -0.4 is 5.32 Å². The summed E-state index contributed by atoms with van der Waals surface area (Å²) in [5.41, 5.74) is 2.33. The van der Waals surface area contributed by atoms with E-state index in [1.54, 1.807) is 0 Å². The highest BCUT2D eigenvalue weighted by molar-refractivity contribution is 6.01. The molecule has 1 aliphatic carbocycles. The van der Waals surface area contributed by atoms with Crippen LogP contribution in [0.3, 0.4) is 0 Å². The maximum Gasteiger partial charge on any atom is 0.227 e. The van der Waals surface area contributed by atoms with Crippen LogP contribution in [0.1, 0.15) is 18.5 Å². The second-order valence-corrected chi connectivity index (χ2v) is 6.19. The summed E-state index contributed by atoms with van der Waals surface area (Å²) in [7, 11) is 0. The number of rotatable bonds is 4.